The molecule has 5 atom stereocenters. The Morgan fingerprint density at radius 3 is 2.10 bits per heavy atom. The summed E-state index contributed by atoms with van der Waals surface area (Å²) in [7, 11) is 0. The molecule has 0 unspecified atom stereocenters. The monoisotopic (exact) mass is 428 g/mol. The van der Waals surface area contributed by atoms with Crippen LogP contribution >= 0.6 is 0 Å². The minimum Gasteiger partial charge on any atom is -0.459 e. The van der Waals surface area contributed by atoms with Gasteiger partial charge in [-0.25, -0.2) is 9.59 Å². The van der Waals surface area contributed by atoms with E-state index in [-0.39, 0.29) is 18.8 Å². The lowest BCUT2D eigenvalue weighted by molar-refractivity contribution is -0.297. The van der Waals surface area contributed by atoms with Crippen molar-refractivity contribution in [1.82, 2.24) is 0 Å². The molecule has 8 nitrogen and oxygen atoms in total. The van der Waals surface area contributed by atoms with Crippen molar-refractivity contribution >= 4 is 11.9 Å². The molecular formula is C23H24O8. The molecule has 1 aliphatic heterocycles. The van der Waals surface area contributed by atoms with Gasteiger partial charge in [0.15, 0.2) is 12.4 Å². The number of rotatable bonds is 8. The van der Waals surface area contributed by atoms with Crippen molar-refractivity contribution in [1.29, 1.82) is 0 Å². The molecule has 1 heterocycles. The molecular weight excluding hydrogens is 404 g/mol. The van der Waals surface area contributed by atoms with Crippen molar-refractivity contribution in [3.05, 3.63) is 84.4 Å². The van der Waals surface area contributed by atoms with Crippen LogP contribution in [0, 0.1) is 0 Å². The molecule has 3 rings (SSSR count). The van der Waals surface area contributed by atoms with E-state index in [2.05, 4.69) is 6.58 Å². The van der Waals surface area contributed by atoms with E-state index in [4.69, 9.17) is 18.9 Å². The van der Waals surface area contributed by atoms with Crippen molar-refractivity contribution in [3.63, 3.8) is 0 Å². The van der Waals surface area contributed by atoms with Crippen LogP contribution in [0.25, 0.3) is 0 Å². The van der Waals surface area contributed by atoms with Gasteiger partial charge in [-0.05, 0) is 24.3 Å². The highest BCUT2D eigenvalue weighted by Crippen LogP contribution is 2.26. The second-order valence-corrected chi connectivity index (χ2v) is 6.85. The SMILES string of the molecule is C=CCO[C@H]1O[C@H](COC(=O)c2ccccc2)[C@@H](O)[C@H](O)[C@H]1OC(=O)c1ccccc1. The van der Waals surface area contributed by atoms with Crippen LogP contribution in [0.2, 0.25) is 0 Å². The maximum absolute atomic E-state index is 12.4. The van der Waals surface area contributed by atoms with Gasteiger partial charge >= 0.3 is 11.9 Å². The van der Waals surface area contributed by atoms with Gasteiger partial charge < -0.3 is 29.2 Å². The average molecular weight is 428 g/mol. The maximum atomic E-state index is 12.4. The molecule has 1 aliphatic rings. The third kappa shape index (κ3) is 5.77. The van der Waals surface area contributed by atoms with Crippen molar-refractivity contribution in [2.45, 2.75) is 30.7 Å². The first-order valence-corrected chi connectivity index (χ1v) is 9.73. The molecule has 0 saturated carbocycles. The number of hydrogen-bond acceptors (Lipinski definition) is 8. The third-order valence-corrected chi connectivity index (χ3v) is 4.66. The molecule has 0 bridgehead atoms. The summed E-state index contributed by atoms with van der Waals surface area (Å²) in [6, 6.07) is 16.5. The van der Waals surface area contributed by atoms with E-state index in [1.54, 1.807) is 60.7 Å². The Bertz CT molecular complexity index is 868. The van der Waals surface area contributed by atoms with Crippen LogP contribution < -0.4 is 0 Å². The lowest BCUT2D eigenvalue weighted by atomic mass is 9.99. The Morgan fingerprint density at radius 1 is 0.935 bits per heavy atom. The number of hydrogen-bond donors (Lipinski definition) is 2. The summed E-state index contributed by atoms with van der Waals surface area (Å²) in [5, 5.41) is 21.1. The van der Waals surface area contributed by atoms with E-state index in [1.165, 1.54) is 6.08 Å². The number of esters is 2. The van der Waals surface area contributed by atoms with Gasteiger partial charge in [0.05, 0.1) is 17.7 Å². The highest BCUT2D eigenvalue weighted by atomic mass is 16.7. The second kappa shape index (κ2) is 10.8. The molecule has 8 heteroatoms. The zero-order valence-corrected chi connectivity index (χ0v) is 16.7. The Kier molecular flexibility index (Phi) is 7.91. The molecule has 1 saturated heterocycles. The molecule has 2 aromatic rings. The van der Waals surface area contributed by atoms with E-state index in [0.717, 1.165) is 0 Å². The van der Waals surface area contributed by atoms with Crippen molar-refractivity contribution < 1.29 is 38.7 Å². The molecule has 0 aromatic heterocycles. The van der Waals surface area contributed by atoms with Crippen LogP contribution in [0.5, 0.6) is 0 Å². The summed E-state index contributed by atoms with van der Waals surface area (Å²) in [5.41, 5.74) is 0.605. The predicted molar refractivity (Wildman–Crippen MR) is 109 cm³/mol. The Labute approximate surface area is 179 Å². The van der Waals surface area contributed by atoms with Crippen molar-refractivity contribution in [2.24, 2.45) is 0 Å². The fourth-order valence-corrected chi connectivity index (χ4v) is 3.05. The van der Waals surface area contributed by atoms with Crippen LogP contribution in [-0.4, -0.2) is 66.1 Å². The summed E-state index contributed by atoms with van der Waals surface area (Å²) in [4.78, 5) is 24.6. The Hall–Kier alpha value is -3.04. The Balaban J connectivity index is 1.68. The van der Waals surface area contributed by atoms with Crippen LogP contribution in [0.3, 0.4) is 0 Å². The summed E-state index contributed by atoms with van der Waals surface area (Å²) in [5.74, 6) is -1.31. The molecule has 2 aromatic carbocycles. The summed E-state index contributed by atoms with van der Waals surface area (Å²) in [6.45, 7) is 3.27. The van der Waals surface area contributed by atoms with Gasteiger partial charge in [0.1, 0.15) is 24.9 Å². The summed E-state index contributed by atoms with van der Waals surface area (Å²) in [6.07, 6.45) is -5.16. The minimum absolute atomic E-state index is 0.0450. The topological polar surface area (TPSA) is 112 Å². The largest absolute Gasteiger partial charge is 0.459 e. The van der Waals surface area contributed by atoms with E-state index in [1.807, 2.05) is 0 Å². The molecule has 0 amide bonds. The molecule has 31 heavy (non-hydrogen) atoms. The molecule has 1 fully saturated rings. The fraction of sp³-hybridized carbons (Fsp3) is 0.304. The third-order valence-electron chi connectivity index (χ3n) is 4.66. The van der Waals surface area contributed by atoms with Crippen LogP contribution in [0.1, 0.15) is 20.7 Å². The summed E-state index contributed by atoms with van der Waals surface area (Å²) < 4.78 is 21.7. The van der Waals surface area contributed by atoms with E-state index in [0.29, 0.717) is 5.56 Å². The molecule has 0 aliphatic carbocycles. The highest BCUT2D eigenvalue weighted by Gasteiger charge is 2.47. The van der Waals surface area contributed by atoms with Crippen molar-refractivity contribution in [2.75, 3.05) is 13.2 Å². The normalized spacial score (nSPS) is 25.4. The number of ether oxygens (including phenoxy) is 4. The first-order valence-electron chi connectivity index (χ1n) is 9.73. The van der Waals surface area contributed by atoms with Crippen molar-refractivity contribution in [3.8, 4) is 0 Å². The lowest BCUT2D eigenvalue weighted by Gasteiger charge is -2.41. The molecule has 0 spiro atoms. The first-order chi connectivity index (χ1) is 15.0. The van der Waals surface area contributed by atoms with Gasteiger partial charge in [-0.3, -0.25) is 0 Å². The first kappa shape index (κ1) is 22.6. The summed E-state index contributed by atoms with van der Waals surface area (Å²) >= 11 is 0. The zero-order chi connectivity index (χ0) is 22.2. The quantitative estimate of drug-likeness (QED) is 0.483. The van der Waals surface area contributed by atoms with Gasteiger partial charge in [0, 0.05) is 0 Å². The number of carbonyl (C=O) groups excluding carboxylic acids is 2. The maximum Gasteiger partial charge on any atom is 0.338 e. The van der Waals surface area contributed by atoms with Gasteiger partial charge in [0.25, 0.3) is 0 Å². The van der Waals surface area contributed by atoms with Gasteiger partial charge in [-0.1, -0.05) is 42.5 Å². The van der Waals surface area contributed by atoms with Gasteiger partial charge in [-0.15, -0.1) is 6.58 Å². The standard InChI is InChI=1S/C23H24O8/c1-2-13-28-23-20(31-22(27)16-11-7-4-8-12-16)19(25)18(24)17(30-23)14-29-21(26)15-9-5-3-6-10-15/h2-12,17-20,23-25H,1,13-14H2/t17-,18-,19+,20-,23+/m1/s1. The van der Waals surface area contributed by atoms with E-state index >= 15 is 0 Å². The van der Waals surface area contributed by atoms with E-state index < -0.39 is 42.6 Å². The number of aliphatic hydroxyl groups excluding tert-OH is 2. The fourth-order valence-electron chi connectivity index (χ4n) is 3.05. The van der Waals surface area contributed by atoms with Gasteiger partial charge in [0.2, 0.25) is 0 Å². The predicted octanol–water partition coefficient (Wildman–Crippen LogP) is 1.72. The smallest absolute Gasteiger partial charge is 0.338 e. The number of aliphatic hydroxyl groups is 2. The van der Waals surface area contributed by atoms with Crippen LogP contribution in [0.15, 0.2) is 73.3 Å². The average Bonchev–Trinajstić information content (AvgIpc) is 2.81. The van der Waals surface area contributed by atoms with Crippen LogP contribution in [0.4, 0.5) is 0 Å². The number of benzene rings is 2. The molecule has 164 valence electrons. The highest BCUT2D eigenvalue weighted by molar-refractivity contribution is 5.89. The molecule has 2 N–H and O–H groups in total. The molecule has 0 radical (unpaired) electrons. The minimum atomic E-state index is -1.53. The van der Waals surface area contributed by atoms with Gasteiger partial charge in [-0.2, -0.15) is 0 Å². The second-order valence-electron chi connectivity index (χ2n) is 6.85. The van der Waals surface area contributed by atoms with Crippen LogP contribution in [-0.2, 0) is 18.9 Å². The lowest BCUT2D eigenvalue weighted by Crippen LogP contribution is -2.60. The number of carbonyl (C=O) groups is 2. The zero-order valence-electron chi connectivity index (χ0n) is 16.7. The van der Waals surface area contributed by atoms with E-state index in [9.17, 15) is 19.8 Å². The Morgan fingerprint density at radius 2 is 1.52 bits per heavy atom.